The van der Waals surface area contributed by atoms with Crippen LogP contribution in [-0.2, 0) is 0 Å². The van der Waals surface area contributed by atoms with Gasteiger partial charge in [-0.15, -0.1) is 11.3 Å². The van der Waals surface area contributed by atoms with Crippen LogP contribution in [0, 0.1) is 0 Å². The Morgan fingerprint density at radius 2 is 1.10 bits per heavy atom. The van der Waals surface area contributed by atoms with Gasteiger partial charge in [-0.2, -0.15) is 0 Å². The highest BCUT2D eigenvalue weighted by Crippen LogP contribution is 2.38. The summed E-state index contributed by atoms with van der Waals surface area (Å²) in [5.41, 5.74) is 10.5. The van der Waals surface area contributed by atoms with Crippen LogP contribution in [0.5, 0.6) is 0 Å². The lowest BCUT2D eigenvalue weighted by Gasteiger charge is -2.09. The van der Waals surface area contributed by atoms with Crippen molar-refractivity contribution in [2.75, 3.05) is 0 Å². The van der Waals surface area contributed by atoms with Gasteiger partial charge in [0, 0.05) is 31.2 Å². The molecule has 9 aromatic rings. The first-order valence-corrected chi connectivity index (χ1v) is 14.9. The average molecular weight is 554 g/mol. The SMILES string of the molecule is c1ccc(-n2c3ccc(-c4cccc(-c5ccc6sc7ccccc7c6c5)c4)cc3c3nc4ccccc4nc32)cc1. The van der Waals surface area contributed by atoms with Crippen molar-refractivity contribution in [3.05, 3.63) is 140 Å². The van der Waals surface area contributed by atoms with Crippen LogP contribution in [0.15, 0.2) is 140 Å². The maximum Gasteiger partial charge on any atom is 0.165 e. The third-order valence-electron chi connectivity index (χ3n) is 8.18. The van der Waals surface area contributed by atoms with Gasteiger partial charge in [0.15, 0.2) is 5.65 Å². The Hall–Kier alpha value is -5.32. The Labute approximate surface area is 246 Å². The standard InChI is InChI=1S/C38H23N3S/c1-2-11-28(12-3-1)41-34-19-17-26(23-31(34)37-38(41)40-33-15-6-5-14-32(33)39-37)24-9-8-10-25(21-24)27-18-20-36-30(22-27)29-13-4-7-16-35(29)42-36/h1-23H. The lowest BCUT2D eigenvalue weighted by atomic mass is 9.97. The van der Waals surface area contributed by atoms with Crippen molar-refractivity contribution in [3.63, 3.8) is 0 Å². The van der Waals surface area contributed by atoms with Gasteiger partial charge in [-0.05, 0) is 82.9 Å². The van der Waals surface area contributed by atoms with Crippen LogP contribution in [0.4, 0.5) is 0 Å². The predicted octanol–water partition coefficient (Wildman–Crippen LogP) is 10.4. The normalized spacial score (nSPS) is 11.8. The van der Waals surface area contributed by atoms with Gasteiger partial charge in [0.2, 0.25) is 0 Å². The van der Waals surface area contributed by atoms with Crippen molar-refractivity contribution in [3.8, 4) is 27.9 Å². The molecule has 0 saturated carbocycles. The van der Waals surface area contributed by atoms with Gasteiger partial charge in [-0.3, -0.25) is 4.57 Å². The number of rotatable bonds is 3. The molecule has 0 fully saturated rings. The van der Waals surface area contributed by atoms with Gasteiger partial charge in [-0.1, -0.05) is 78.9 Å². The summed E-state index contributed by atoms with van der Waals surface area (Å²) in [5.74, 6) is 0. The third-order valence-corrected chi connectivity index (χ3v) is 9.33. The Bertz CT molecular complexity index is 2470. The zero-order chi connectivity index (χ0) is 27.6. The molecule has 4 heteroatoms. The number of aromatic nitrogens is 3. The fourth-order valence-electron chi connectivity index (χ4n) is 6.16. The van der Waals surface area contributed by atoms with Crippen LogP contribution >= 0.6 is 11.3 Å². The molecule has 0 amide bonds. The van der Waals surface area contributed by atoms with E-state index >= 15 is 0 Å². The van der Waals surface area contributed by atoms with Crippen LogP contribution in [0.1, 0.15) is 0 Å². The van der Waals surface area contributed by atoms with Crippen molar-refractivity contribution >= 4 is 64.6 Å². The molecule has 0 saturated heterocycles. The second-order valence-electron chi connectivity index (χ2n) is 10.7. The molecular formula is C38H23N3S. The fourth-order valence-corrected chi connectivity index (χ4v) is 7.25. The first kappa shape index (κ1) is 23.4. The average Bonchev–Trinajstić information content (AvgIpc) is 3.58. The van der Waals surface area contributed by atoms with E-state index in [0.29, 0.717) is 0 Å². The Kier molecular flexibility index (Phi) is 5.07. The lowest BCUT2D eigenvalue weighted by Crippen LogP contribution is -1.96. The molecule has 3 aromatic heterocycles. The van der Waals surface area contributed by atoms with Gasteiger partial charge in [0.25, 0.3) is 0 Å². The van der Waals surface area contributed by atoms with E-state index in [2.05, 4.69) is 114 Å². The highest BCUT2D eigenvalue weighted by Gasteiger charge is 2.17. The van der Waals surface area contributed by atoms with Gasteiger partial charge in [0.05, 0.1) is 16.6 Å². The third kappa shape index (κ3) is 3.59. The first-order chi connectivity index (χ1) is 20.8. The second kappa shape index (κ2) is 9.10. The molecule has 0 radical (unpaired) electrons. The van der Waals surface area contributed by atoms with Crippen LogP contribution in [0.3, 0.4) is 0 Å². The molecule has 0 aliphatic rings. The molecule has 0 aliphatic carbocycles. The molecule has 3 nitrogen and oxygen atoms in total. The monoisotopic (exact) mass is 553 g/mol. The van der Waals surface area contributed by atoms with Crippen LogP contribution in [0.2, 0.25) is 0 Å². The van der Waals surface area contributed by atoms with Crippen molar-refractivity contribution < 1.29 is 0 Å². The maximum atomic E-state index is 5.12. The second-order valence-corrected chi connectivity index (χ2v) is 11.8. The van der Waals surface area contributed by atoms with E-state index < -0.39 is 0 Å². The van der Waals surface area contributed by atoms with Gasteiger partial charge >= 0.3 is 0 Å². The number of thiophene rings is 1. The van der Waals surface area contributed by atoms with Crippen LogP contribution in [0.25, 0.3) is 81.2 Å². The molecule has 0 atom stereocenters. The molecule has 0 unspecified atom stereocenters. The molecular weight excluding hydrogens is 531 g/mol. The Morgan fingerprint density at radius 1 is 0.452 bits per heavy atom. The molecule has 3 heterocycles. The first-order valence-electron chi connectivity index (χ1n) is 14.1. The number of hydrogen-bond acceptors (Lipinski definition) is 3. The van der Waals surface area contributed by atoms with E-state index in [9.17, 15) is 0 Å². The quantitative estimate of drug-likeness (QED) is 0.218. The highest BCUT2D eigenvalue weighted by molar-refractivity contribution is 7.25. The molecule has 0 bridgehead atoms. The highest BCUT2D eigenvalue weighted by atomic mass is 32.1. The number of nitrogens with zero attached hydrogens (tertiary/aromatic N) is 3. The molecule has 0 spiro atoms. The van der Waals surface area contributed by atoms with Gasteiger partial charge in [0.1, 0.15) is 5.52 Å². The molecule has 0 N–H and O–H groups in total. The largest absolute Gasteiger partial charge is 0.293 e. The number of benzene rings is 6. The van der Waals surface area contributed by atoms with Gasteiger partial charge in [-0.25, -0.2) is 9.97 Å². The van der Waals surface area contributed by atoms with Gasteiger partial charge < -0.3 is 0 Å². The molecule has 6 aromatic carbocycles. The summed E-state index contributed by atoms with van der Waals surface area (Å²) in [4.78, 5) is 10.2. The van der Waals surface area contributed by atoms with Crippen molar-refractivity contribution in [2.45, 2.75) is 0 Å². The van der Waals surface area contributed by atoms with E-state index in [1.165, 1.54) is 36.9 Å². The van der Waals surface area contributed by atoms with Crippen molar-refractivity contribution in [1.82, 2.24) is 14.5 Å². The summed E-state index contributed by atoms with van der Waals surface area (Å²) in [6.45, 7) is 0. The van der Waals surface area contributed by atoms with E-state index in [4.69, 9.17) is 9.97 Å². The number of hydrogen-bond donors (Lipinski definition) is 0. The molecule has 196 valence electrons. The number of para-hydroxylation sites is 3. The van der Waals surface area contributed by atoms with Crippen molar-refractivity contribution in [2.24, 2.45) is 0 Å². The molecule has 9 rings (SSSR count). The summed E-state index contributed by atoms with van der Waals surface area (Å²) in [7, 11) is 0. The predicted molar refractivity (Wildman–Crippen MR) is 178 cm³/mol. The Balaban J connectivity index is 1.23. The minimum atomic E-state index is 0.872. The fraction of sp³-hybridized carbons (Fsp3) is 0. The zero-order valence-electron chi connectivity index (χ0n) is 22.5. The maximum absolute atomic E-state index is 5.12. The summed E-state index contributed by atoms with van der Waals surface area (Å²) < 4.78 is 4.88. The molecule has 42 heavy (non-hydrogen) atoms. The summed E-state index contributed by atoms with van der Waals surface area (Å²) in [6.07, 6.45) is 0. The van der Waals surface area contributed by atoms with Crippen molar-refractivity contribution in [1.29, 1.82) is 0 Å². The van der Waals surface area contributed by atoms with E-state index in [0.717, 1.165) is 44.4 Å². The van der Waals surface area contributed by atoms with E-state index in [-0.39, 0.29) is 0 Å². The minimum absolute atomic E-state index is 0.872. The zero-order valence-corrected chi connectivity index (χ0v) is 23.3. The minimum Gasteiger partial charge on any atom is -0.293 e. The van der Waals surface area contributed by atoms with Crippen LogP contribution < -0.4 is 0 Å². The van der Waals surface area contributed by atoms with E-state index in [1.54, 1.807) is 0 Å². The summed E-state index contributed by atoms with van der Waals surface area (Å²) >= 11 is 1.86. The van der Waals surface area contributed by atoms with E-state index in [1.807, 2.05) is 41.7 Å². The lowest BCUT2D eigenvalue weighted by molar-refractivity contribution is 1.14. The van der Waals surface area contributed by atoms with Crippen LogP contribution in [-0.4, -0.2) is 14.5 Å². The summed E-state index contributed by atoms with van der Waals surface area (Å²) in [5, 5.41) is 3.74. The molecule has 0 aliphatic heterocycles. The smallest absolute Gasteiger partial charge is 0.165 e. The number of fused-ring (bicyclic) bond motifs is 7. The Morgan fingerprint density at radius 3 is 1.93 bits per heavy atom. The summed E-state index contributed by atoms with van der Waals surface area (Å²) in [6, 6.07) is 49.6. The topological polar surface area (TPSA) is 30.7 Å².